The minimum absolute atomic E-state index is 0.322. The molecule has 20 heavy (non-hydrogen) atoms. The molecule has 0 bridgehead atoms. The van der Waals surface area contributed by atoms with Crippen LogP contribution in [0, 0.1) is 11.3 Å². The summed E-state index contributed by atoms with van der Waals surface area (Å²) in [5.41, 5.74) is 1.15. The van der Waals surface area contributed by atoms with Crippen LogP contribution in [0.15, 0.2) is 46.5 Å². The maximum atomic E-state index is 11.7. The highest BCUT2D eigenvalue weighted by atomic mass is 32.2. The van der Waals surface area contributed by atoms with Crippen molar-refractivity contribution in [2.24, 2.45) is 5.16 Å². The van der Waals surface area contributed by atoms with E-state index in [-0.39, 0.29) is 0 Å². The number of rotatable bonds is 2. The predicted octanol–water partition coefficient (Wildman–Crippen LogP) is 2.80. The third-order valence-corrected chi connectivity index (χ3v) is 3.64. The Labute approximate surface area is 119 Å². The lowest BCUT2D eigenvalue weighted by molar-refractivity contribution is 0.0600. The van der Waals surface area contributed by atoms with Crippen molar-refractivity contribution in [1.82, 2.24) is 0 Å². The van der Waals surface area contributed by atoms with Gasteiger partial charge in [0, 0.05) is 10.5 Å². The largest absolute Gasteiger partial charge is 0.465 e. The molecule has 0 fully saturated rings. The number of carbonyl (C=O) groups is 1. The Kier molecular flexibility index (Phi) is 4.23. The number of thioether (sulfide) groups is 1. The van der Waals surface area contributed by atoms with Gasteiger partial charge in [-0.3, -0.25) is 0 Å². The van der Waals surface area contributed by atoms with Crippen molar-refractivity contribution in [3.05, 3.63) is 52.4 Å². The lowest BCUT2D eigenvalue weighted by Crippen LogP contribution is -2.05. The van der Waals surface area contributed by atoms with Crippen LogP contribution in [-0.4, -0.2) is 23.3 Å². The second-order valence-corrected chi connectivity index (χ2v) is 4.82. The molecule has 0 saturated heterocycles. The molecule has 1 aromatic carbocycles. The maximum Gasteiger partial charge on any atom is 0.338 e. The molecular weight excluding hydrogens is 276 g/mol. The van der Waals surface area contributed by atoms with Crippen LogP contribution in [0.3, 0.4) is 0 Å². The Hall–Kier alpha value is -2.52. The Bertz CT molecular complexity index is 684. The molecule has 0 aliphatic carbocycles. The summed E-state index contributed by atoms with van der Waals surface area (Å²) in [6.07, 6.45) is 3.27. The summed E-state index contributed by atoms with van der Waals surface area (Å²) in [5, 5.41) is 21.6. The van der Waals surface area contributed by atoms with E-state index in [1.54, 1.807) is 36.4 Å². The van der Waals surface area contributed by atoms with Gasteiger partial charge < -0.3 is 9.94 Å². The number of methoxy groups -OCH3 is 1. The average molecular weight is 286 g/mol. The van der Waals surface area contributed by atoms with E-state index < -0.39 is 5.97 Å². The van der Waals surface area contributed by atoms with Crippen LogP contribution in [0.2, 0.25) is 0 Å². The maximum absolute atomic E-state index is 11.7. The lowest BCUT2D eigenvalue weighted by atomic mass is 10.00. The summed E-state index contributed by atoms with van der Waals surface area (Å²) in [6.45, 7) is 0. The van der Waals surface area contributed by atoms with Crippen LogP contribution in [0.1, 0.15) is 15.9 Å². The molecule has 1 aliphatic rings. The van der Waals surface area contributed by atoms with Crippen LogP contribution < -0.4 is 0 Å². The summed E-state index contributed by atoms with van der Waals surface area (Å²) in [6, 6.07) is 8.81. The molecule has 1 heterocycles. The van der Waals surface area contributed by atoms with E-state index >= 15 is 0 Å². The number of oxime groups is 1. The monoisotopic (exact) mass is 286 g/mol. The van der Waals surface area contributed by atoms with Crippen molar-refractivity contribution < 1.29 is 14.7 Å². The summed E-state index contributed by atoms with van der Waals surface area (Å²) >= 11 is 1.16. The number of nitrogens with zero attached hydrogens (tertiary/aromatic N) is 2. The van der Waals surface area contributed by atoms with Crippen LogP contribution in [0.25, 0.3) is 5.57 Å². The van der Waals surface area contributed by atoms with Gasteiger partial charge >= 0.3 is 5.97 Å². The van der Waals surface area contributed by atoms with Gasteiger partial charge in [-0.2, -0.15) is 5.26 Å². The van der Waals surface area contributed by atoms with Crippen LogP contribution in [0.4, 0.5) is 0 Å². The van der Waals surface area contributed by atoms with Crippen LogP contribution in [0.5, 0.6) is 0 Å². The number of allylic oxidation sites excluding steroid dienone is 2. The topological polar surface area (TPSA) is 82.7 Å². The molecule has 2 rings (SSSR count). The number of nitriles is 1. The molecule has 6 heteroatoms. The van der Waals surface area contributed by atoms with Crippen molar-refractivity contribution in [3.8, 4) is 6.07 Å². The second-order valence-electron chi connectivity index (χ2n) is 3.76. The summed E-state index contributed by atoms with van der Waals surface area (Å²) < 4.78 is 4.72. The van der Waals surface area contributed by atoms with Gasteiger partial charge in [-0.25, -0.2) is 4.79 Å². The Balaban J connectivity index is 2.56. The third-order valence-electron chi connectivity index (χ3n) is 2.65. The van der Waals surface area contributed by atoms with Crippen molar-refractivity contribution in [3.63, 3.8) is 0 Å². The van der Waals surface area contributed by atoms with Crippen molar-refractivity contribution >= 4 is 28.3 Å². The Morgan fingerprint density at radius 1 is 1.35 bits per heavy atom. The molecule has 0 amide bonds. The fourth-order valence-electron chi connectivity index (χ4n) is 1.75. The van der Waals surface area contributed by atoms with Crippen LogP contribution >= 0.6 is 11.8 Å². The zero-order valence-corrected chi connectivity index (χ0v) is 11.3. The molecular formula is C14H10N2O3S. The highest BCUT2D eigenvalue weighted by Crippen LogP contribution is 2.34. The molecule has 0 unspecified atom stereocenters. The number of esters is 1. The molecule has 0 atom stereocenters. The first kappa shape index (κ1) is 13.9. The molecule has 100 valence electrons. The molecule has 0 aromatic heterocycles. The quantitative estimate of drug-likeness (QED) is 0.391. The minimum atomic E-state index is -0.503. The molecule has 1 aromatic rings. The van der Waals surface area contributed by atoms with Gasteiger partial charge in [0.15, 0.2) is 0 Å². The third kappa shape index (κ3) is 2.58. The number of hydrogen-bond donors (Lipinski definition) is 1. The highest BCUT2D eigenvalue weighted by Gasteiger charge is 2.20. The number of hydrogen-bond acceptors (Lipinski definition) is 6. The van der Waals surface area contributed by atoms with Gasteiger partial charge in [-0.05, 0) is 18.2 Å². The Morgan fingerprint density at radius 2 is 2.05 bits per heavy atom. The molecule has 0 spiro atoms. The number of carbonyl (C=O) groups excluding carboxylic acids is 1. The predicted molar refractivity (Wildman–Crippen MR) is 76.3 cm³/mol. The number of benzene rings is 1. The van der Waals surface area contributed by atoms with Gasteiger partial charge in [-0.1, -0.05) is 35.1 Å². The van der Waals surface area contributed by atoms with Crippen molar-refractivity contribution in [2.45, 2.75) is 0 Å². The summed E-state index contributed by atoms with van der Waals surface area (Å²) in [4.78, 5) is 12.4. The minimum Gasteiger partial charge on any atom is -0.465 e. The van der Waals surface area contributed by atoms with Gasteiger partial charge in [0.2, 0.25) is 0 Å². The van der Waals surface area contributed by atoms with Gasteiger partial charge in [0.25, 0.3) is 0 Å². The van der Waals surface area contributed by atoms with E-state index in [1.165, 1.54) is 7.11 Å². The van der Waals surface area contributed by atoms with E-state index in [9.17, 15) is 10.1 Å². The average Bonchev–Trinajstić information content (AvgIpc) is 2.96. The smallest absolute Gasteiger partial charge is 0.338 e. The van der Waals surface area contributed by atoms with E-state index in [0.717, 1.165) is 11.8 Å². The first-order chi connectivity index (χ1) is 9.71. The van der Waals surface area contributed by atoms with E-state index in [1.807, 2.05) is 0 Å². The summed E-state index contributed by atoms with van der Waals surface area (Å²) in [7, 11) is 1.29. The lowest BCUT2D eigenvalue weighted by Gasteiger charge is -2.08. The highest BCUT2D eigenvalue weighted by molar-refractivity contribution is 8.18. The molecule has 0 saturated carbocycles. The first-order valence-corrected chi connectivity index (χ1v) is 6.43. The van der Waals surface area contributed by atoms with Crippen LogP contribution in [-0.2, 0) is 4.74 Å². The zero-order valence-electron chi connectivity index (χ0n) is 10.5. The molecule has 1 N–H and O–H groups in total. The zero-order chi connectivity index (χ0) is 14.5. The van der Waals surface area contributed by atoms with E-state index in [4.69, 9.17) is 9.94 Å². The van der Waals surface area contributed by atoms with Crippen molar-refractivity contribution in [1.29, 1.82) is 5.26 Å². The van der Waals surface area contributed by atoms with E-state index in [2.05, 4.69) is 11.2 Å². The van der Waals surface area contributed by atoms with Gasteiger partial charge in [0.05, 0.1) is 18.2 Å². The van der Waals surface area contributed by atoms with Gasteiger partial charge in [-0.15, -0.1) is 0 Å². The fourth-order valence-corrected chi connectivity index (χ4v) is 2.55. The Morgan fingerprint density at radius 3 is 2.60 bits per heavy atom. The normalized spacial score (nSPS) is 17.9. The standard InChI is InChI=1S/C14H10N2O3S/c1-19-14(17)10-5-3-2-4-9(10)11(8-15)12-6-7-13(16-18)20-12/h2-7,18H,1H3/b12-11-,16-13-. The first-order valence-electron chi connectivity index (χ1n) is 5.61. The van der Waals surface area contributed by atoms with Gasteiger partial charge in [0.1, 0.15) is 11.1 Å². The van der Waals surface area contributed by atoms with Crippen molar-refractivity contribution in [2.75, 3.05) is 7.11 Å². The number of ether oxygens (including phenoxy) is 1. The van der Waals surface area contributed by atoms with E-state index in [0.29, 0.717) is 26.6 Å². The summed E-state index contributed by atoms with van der Waals surface area (Å²) in [5.74, 6) is -0.503. The molecule has 1 aliphatic heterocycles. The molecule has 0 radical (unpaired) electrons. The SMILES string of the molecule is COC(=O)c1ccccc1/C(C#N)=C1C=C/C(=N/O)S/1. The second kappa shape index (κ2) is 6.08. The molecule has 5 nitrogen and oxygen atoms in total. The fraction of sp³-hybridized carbons (Fsp3) is 0.0714.